The number of anilines is 2. The molecule has 0 aliphatic rings. The third-order valence-electron chi connectivity index (χ3n) is 2.74. The summed E-state index contributed by atoms with van der Waals surface area (Å²) in [5.41, 5.74) is 0.995. The standard InChI is InChI=1S/C13H21N5O/c1-4-19-9-5-7-18-10-11(2)14-13(18)15-12-6-8-17(3)16-12/h6,8,10H,4-5,7,9H2,1-3H3,(H,14,15,16). The Hall–Kier alpha value is -1.82. The lowest BCUT2D eigenvalue weighted by Gasteiger charge is -2.08. The lowest BCUT2D eigenvalue weighted by atomic mass is 10.4. The second-order valence-corrected chi connectivity index (χ2v) is 4.45. The highest BCUT2D eigenvalue weighted by molar-refractivity contribution is 5.47. The second kappa shape index (κ2) is 6.38. The number of hydrogen-bond acceptors (Lipinski definition) is 4. The number of hydrogen-bond donors (Lipinski definition) is 1. The fourth-order valence-electron chi connectivity index (χ4n) is 1.89. The number of imidazole rings is 1. The van der Waals surface area contributed by atoms with Gasteiger partial charge in [0.25, 0.3) is 0 Å². The minimum atomic E-state index is 0.766. The zero-order chi connectivity index (χ0) is 13.7. The van der Waals surface area contributed by atoms with Crippen molar-refractivity contribution in [2.75, 3.05) is 18.5 Å². The van der Waals surface area contributed by atoms with E-state index in [4.69, 9.17) is 4.74 Å². The molecular weight excluding hydrogens is 242 g/mol. The Bertz CT molecular complexity index is 517. The minimum absolute atomic E-state index is 0.766. The largest absolute Gasteiger partial charge is 0.382 e. The topological polar surface area (TPSA) is 56.9 Å². The van der Waals surface area contributed by atoms with Gasteiger partial charge in [-0.15, -0.1) is 0 Å². The fraction of sp³-hybridized carbons (Fsp3) is 0.538. The molecule has 6 heteroatoms. The number of nitrogens with one attached hydrogen (secondary N) is 1. The van der Waals surface area contributed by atoms with Crippen LogP contribution in [0.1, 0.15) is 19.0 Å². The predicted molar refractivity (Wildman–Crippen MR) is 74.6 cm³/mol. The number of aryl methyl sites for hydroxylation is 3. The van der Waals surface area contributed by atoms with Crippen molar-refractivity contribution in [3.8, 4) is 0 Å². The maximum atomic E-state index is 5.35. The molecule has 0 aliphatic carbocycles. The minimum Gasteiger partial charge on any atom is -0.382 e. The smallest absolute Gasteiger partial charge is 0.208 e. The molecule has 6 nitrogen and oxygen atoms in total. The second-order valence-electron chi connectivity index (χ2n) is 4.45. The molecule has 0 unspecified atom stereocenters. The molecule has 0 radical (unpaired) electrons. The lowest BCUT2D eigenvalue weighted by molar-refractivity contribution is 0.142. The van der Waals surface area contributed by atoms with Crippen molar-refractivity contribution in [2.45, 2.75) is 26.8 Å². The Morgan fingerprint density at radius 2 is 2.26 bits per heavy atom. The van der Waals surface area contributed by atoms with Gasteiger partial charge in [-0.1, -0.05) is 0 Å². The number of aromatic nitrogens is 4. The summed E-state index contributed by atoms with van der Waals surface area (Å²) in [6, 6.07) is 1.93. The Labute approximate surface area is 113 Å². The van der Waals surface area contributed by atoms with Crippen LogP contribution in [0, 0.1) is 6.92 Å². The van der Waals surface area contributed by atoms with Crippen LogP contribution in [0.3, 0.4) is 0 Å². The van der Waals surface area contributed by atoms with E-state index in [-0.39, 0.29) is 0 Å². The van der Waals surface area contributed by atoms with Gasteiger partial charge in [0.2, 0.25) is 5.95 Å². The SMILES string of the molecule is CCOCCCn1cc(C)nc1Nc1ccn(C)n1. The third kappa shape index (κ3) is 3.82. The van der Waals surface area contributed by atoms with E-state index in [0.29, 0.717) is 0 Å². The average Bonchev–Trinajstić information content (AvgIpc) is 2.92. The Morgan fingerprint density at radius 1 is 1.42 bits per heavy atom. The molecule has 0 aromatic carbocycles. The van der Waals surface area contributed by atoms with Gasteiger partial charge in [-0.2, -0.15) is 5.10 Å². The van der Waals surface area contributed by atoms with Crippen molar-refractivity contribution in [1.82, 2.24) is 19.3 Å². The van der Waals surface area contributed by atoms with Gasteiger partial charge in [-0.05, 0) is 20.3 Å². The molecule has 0 atom stereocenters. The van der Waals surface area contributed by atoms with E-state index >= 15 is 0 Å². The molecule has 1 N–H and O–H groups in total. The van der Waals surface area contributed by atoms with E-state index in [0.717, 1.165) is 43.6 Å². The summed E-state index contributed by atoms with van der Waals surface area (Å²) >= 11 is 0. The number of rotatable bonds is 7. The van der Waals surface area contributed by atoms with Crippen LogP contribution < -0.4 is 5.32 Å². The summed E-state index contributed by atoms with van der Waals surface area (Å²) in [7, 11) is 1.89. The van der Waals surface area contributed by atoms with Gasteiger partial charge in [-0.3, -0.25) is 4.68 Å². The van der Waals surface area contributed by atoms with Crippen LogP contribution in [0.15, 0.2) is 18.5 Å². The lowest BCUT2D eigenvalue weighted by Crippen LogP contribution is -2.06. The van der Waals surface area contributed by atoms with Gasteiger partial charge in [-0.25, -0.2) is 4.98 Å². The quantitative estimate of drug-likeness (QED) is 0.777. The van der Waals surface area contributed by atoms with E-state index in [1.165, 1.54) is 0 Å². The summed E-state index contributed by atoms with van der Waals surface area (Å²) in [5, 5.41) is 7.53. The van der Waals surface area contributed by atoms with Gasteiger partial charge in [0, 0.05) is 45.3 Å². The summed E-state index contributed by atoms with van der Waals surface area (Å²) in [6.45, 7) is 6.42. The first-order valence-corrected chi connectivity index (χ1v) is 6.57. The molecule has 0 aliphatic heterocycles. The highest BCUT2D eigenvalue weighted by Gasteiger charge is 2.07. The van der Waals surface area contributed by atoms with Gasteiger partial charge in [0.1, 0.15) is 0 Å². The molecule has 2 rings (SSSR count). The van der Waals surface area contributed by atoms with Gasteiger partial charge < -0.3 is 14.6 Å². The monoisotopic (exact) mass is 263 g/mol. The normalized spacial score (nSPS) is 10.9. The molecule has 0 spiro atoms. The van der Waals surface area contributed by atoms with Crippen molar-refractivity contribution in [1.29, 1.82) is 0 Å². The molecule has 0 saturated carbocycles. The van der Waals surface area contributed by atoms with Crippen LogP contribution in [0.2, 0.25) is 0 Å². The van der Waals surface area contributed by atoms with Crippen molar-refractivity contribution in [3.05, 3.63) is 24.2 Å². The predicted octanol–water partition coefficient (Wildman–Crippen LogP) is 2.10. The van der Waals surface area contributed by atoms with Crippen molar-refractivity contribution >= 4 is 11.8 Å². The van der Waals surface area contributed by atoms with Gasteiger partial charge in [0.15, 0.2) is 5.82 Å². The highest BCUT2D eigenvalue weighted by atomic mass is 16.5. The zero-order valence-electron chi connectivity index (χ0n) is 11.8. The first kappa shape index (κ1) is 13.6. The van der Waals surface area contributed by atoms with Crippen LogP contribution in [0.5, 0.6) is 0 Å². The molecule has 0 saturated heterocycles. The average molecular weight is 263 g/mol. The van der Waals surface area contributed by atoms with Crippen LogP contribution in [-0.2, 0) is 18.3 Å². The molecule has 0 fully saturated rings. The molecule has 2 aromatic rings. The van der Waals surface area contributed by atoms with E-state index < -0.39 is 0 Å². The summed E-state index contributed by atoms with van der Waals surface area (Å²) in [5.74, 6) is 1.63. The van der Waals surface area contributed by atoms with Crippen molar-refractivity contribution in [2.24, 2.45) is 7.05 Å². The highest BCUT2D eigenvalue weighted by Crippen LogP contribution is 2.14. The fourth-order valence-corrected chi connectivity index (χ4v) is 1.89. The van der Waals surface area contributed by atoms with Crippen LogP contribution in [-0.4, -0.2) is 32.5 Å². The van der Waals surface area contributed by atoms with E-state index in [1.807, 2.05) is 39.4 Å². The number of nitrogens with zero attached hydrogens (tertiary/aromatic N) is 4. The summed E-state index contributed by atoms with van der Waals surface area (Å²) in [6.07, 6.45) is 4.91. The molecule has 0 bridgehead atoms. The Balaban J connectivity index is 1.99. The van der Waals surface area contributed by atoms with E-state index in [9.17, 15) is 0 Å². The van der Waals surface area contributed by atoms with Crippen LogP contribution in [0.4, 0.5) is 11.8 Å². The molecule has 2 heterocycles. The van der Waals surface area contributed by atoms with Crippen LogP contribution >= 0.6 is 0 Å². The molecular formula is C13H21N5O. The maximum absolute atomic E-state index is 5.35. The maximum Gasteiger partial charge on any atom is 0.208 e. The van der Waals surface area contributed by atoms with Crippen LogP contribution in [0.25, 0.3) is 0 Å². The van der Waals surface area contributed by atoms with Crippen molar-refractivity contribution in [3.63, 3.8) is 0 Å². The molecule has 104 valence electrons. The van der Waals surface area contributed by atoms with Gasteiger partial charge in [0.05, 0.1) is 5.69 Å². The summed E-state index contributed by atoms with van der Waals surface area (Å²) < 4.78 is 9.22. The van der Waals surface area contributed by atoms with E-state index in [1.54, 1.807) is 4.68 Å². The van der Waals surface area contributed by atoms with Crippen molar-refractivity contribution < 1.29 is 4.74 Å². The Morgan fingerprint density at radius 3 is 2.95 bits per heavy atom. The third-order valence-corrected chi connectivity index (χ3v) is 2.74. The first-order chi connectivity index (χ1) is 9.19. The van der Waals surface area contributed by atoms with E-state index in [2.05, 4.69) is 20.0 Å². The molecule has 0 amide bonds. The first-order valence-electron chi connectivity index (χ1n) is 6.57. The van der Waals surface area contributed by atoms with Gasteiger partial charge >= 0.3 is 0 Å². The number of ether oxygens (including phenoxy) is 1. The Kier molecular flexibility index (Phi) is 4.57. The molecule has 19 heavy (non-hydrogen) atoms. The molecule has 2 aromatic heterocycles. The summed E-state index contributed by atoms with van der Waals surface area (Å²) in [4.78, 5) is 4.48. The zero-order valence-corrected chi connectivity index (χ0v) is 11.8.